The van der Waals surface area contributed by atoms with Crippen LogP contribution in [0.4, 0.5) is 0 Å². The van der Waals surface area contributed by atoms with Crippen LogP contribution in [-0.2, 0) is 4.79 Å². The summed E-state index contributed by atoms with van der Waals surface area (Å²) >= 11 is 0. The Labute approximate surface area is 116 Å². The molecule has 112 valence electrons. The van der Waals surface area contributed by atoms with Gasteiger partial charge in [-0.1, -0.05) is 13.8 Å². The van der Waals surface area contributed by atoms with Gasteiger partial charge in [0.1, 0.15) is 0 Å². The number of hydrogen-bond donors (Lipinski definition) is 3. The first kappa shape index (κ1) is 16.4. The zero-order chi connectivity index (χ0) is 14.3. The maximum Gasteiger partial charge on any atom is 0.236 e. The van der Waals surface area contributed by atoms with Gasteiger partial charge in [0.15, 0.2) is 0 Å². The quantitative estimate of drug-likeness (QED) is 0.590. The van der Waals surface area contributed by atoms with E-state index in [1.54, 1.807) is 0 Å². The van der Waals surface area contributed by atoms with E-state index in [9.17, 15) is 9.90 Å². The Kier molecular flexibility index (Phi) is 7.34. The summed E-state index contributed by atoms with van der Waals surface area (Å²) in [5.41, 5.74) is 0. The largest absolute Gasteiger partial charge is 0.390 e. The van der Waals surface area contributed by atoms with Crippen LogP contribution in [0.3, 0.4) is 0 Å². The molecule has 0 radical (unpaired) electrons. The molecule has 0 aliphatic carbocycles. The number of hydrogen-bond acceptors (Lipinski definition) is 4. The van der Waals surface area contributed by atoms with Crippen LogP contribution < -0.4 is 10.6 Å². The van der Waals surface area contributed by atoms with Gasteiger partial charge in [-0.05, 0) is 38.8 Å². The van der Waals surface area contributed by atoms with Crippen molar-refractivity contribution in [1.82, 2.24) is 15.5 Å². The van der Waals surface area contributed by atoms with Gasteiger partial charge in [0.2, 0.25) is 5.91 Å². The van der Waals surface area contributed by atoms with E-state index in [-0.39, 0.29) is 11.9 Å². The van der Waals surface area contributed by atoms with E-state index in [1.807, 2.05) is 6.92 Å². The van der Waals surface area contributed by atoms with Crippen LogP contribution in [0.25, 0.3) is 0 Å². The van der Waals surface area contributed by atoms with E-state index in [1.165, 1.54) is 12.8 Å². The predicted molar refractivity (Wildman–Crippen MR) is 77.0 cm³/mol. The molecule has 0 aromatic carbocycles. The maximum atomic E-state index is 11.7. The van der Waals surface area contributed by atoms with E-state index in [4.69, 9.17) is 0 Å². The topological polar surface area (TPSA) is 64.6 Å². The van der Waals surface area contributed by atoms with Gasteiger partial charge in [0.25, 0.3) is 0 Å². The average molecular weight is 271 g/mol. The molecule has 5 heteroatoms. The summed E-state index contributed by atoms with van der Waals surface area (Å²) in [4.78, 5) is 14.0. The fraction of sp³-hybridized carbons (Fsp3) is 0.929. The highest BCUT2D eigenvalue weighted by Gasteiger charge is 2.18. The van der Waals surface area contributed by atoms with Crippen molar-refractivity contribution in [2.24, 2.45) is 5.92 Å². The van der Waals surface area contributed by atoms with Crippen molar-refractivity contribution >= 4 is 5.91 Å². The highest BCUT2D eigenvalue weighted by atomic mass is 16.3. The first-order valence-corrected chi connectivity index (χ1v) is 7.40. The van der Waals surface area contributed by atoms with Gasteiger partial charge < -0.3 is 20.6 Å². The van der Waals surface area contributed by atoms with Crippen molar-refractivity contribution in [3.63, 3.8) is 0 Å². The second-order valence-electron chi connectivity index (χ2n) is 5.93. The summed E-state index contributed by atoms with van der Waals surface area (Å²) in [7, 11) is 0. The molecule has 0 aromatic rings. The van der Waals surface area contributed by atoms with E-state index in [2.05, 4.69) is 29.4 Å². The molecule has 0 saturated carbocycles. The van der Waals surface area contributed by atoms with E-state index >= 15 is 0 Å². The van der Waals surface area contributed by atoms with E-state index in [0.29, 0.717) is 25.6 Å². The molecule has 1 rings (SSSR count). The lowest BCUT2D eigenvalue weighted by molar-refractivity contribution is -0.123. The Balaban J connectivity index is 2.13. The molecule has 1 amide bonds. The van der Waals surface area contributed by atoms with Crippen LogP contribution in [0.15, 0.2) is 0 Å². The first-order chi connectivity index (χ1) is 8.99. The van der Waals surface area contributed by atoms with Crippen molar-refractivity contribution < 1.29 is 9.90 Å². The molecule has 1 saturated heterocycles. The van der Waals surface area contributed by atoms with Crippen molar-refractivity contribution in [3.8, 4) is 0 Å². The molecule has 1 fully saturated rings. The number of β-amino-alcohol motifs (C(OH)–C–C–N with tert-alkyl or cyclic N) is 1. The van der Waals surface area contributed by atoms with Gasteiger partial charge in [-0.25, -0.2) is 0 Å². The number of aliphatic hydroxyl groups excluding tert-OH is 1. The number of aliphatic hydroxyl groups is 1. The van der Waals surface area contributed by atoms with Crippen LogP contribution in [0.5, 0.6) is 0 Å². The fourth-order valence-electron chi connectivity index (χ4n) is 2.19. The van der Waals surface area contributed by atoms with Gasteiger partial charge >= 0.3 is 0 Å². The number of rotatable bonds is 8. The molecule has 2 atom stereocenters. The third-order valence-corrected chi connectivity index (χ3v) is 3.41. The van der Waals surface area contributed by atoms with E-state index < -0.39 is 6.10 Å². The Morgan fingerprint density at radius 1 is 1.21 bits per heavy atom. The molecule has 2 unspecified atom stereocenters. The minimum atomic E-state index is -0.404. The molecule has 0 bridgehead atoms. The zero-order valence-electron chi connectivity index (χ0n) is 12.5. The monoisotopic (exact) mass is 271 g/mol. The average Bonchev–Trinajstić information content (AvgIpc) is 2.85. The summed E-state index contributed by atoms with van der Waals surface area (Å²) in [6.45, 7) is 10.00. The molecule has 5 nitrogen and oxygen atoms in total. The van der Waals surface area contributed by atoms with Crippen LogP contribution in [0.1, 0.15) is 33.6 Å². The van der Waals surface area contributed by atoms with Crippen molar-refractivity contribution in [1.29, 1.82) is 0 Å². The summed E-state index contributed by atoms with van der Waals surface area (Å²) in [6, 6.07) is -0.257. The van der Waals surface area contributed by atoms with Gasteiger partial charge in [0, 0.05) is 19.6 Å². The molecule has 0 spiro atoms. The lowest BCUT2D eigenvalue weighted by atomic mass is 10.2. The smallest absolute Gasteiger partial charge is 0.236 e. The lowest BCUT2D eigenvalue weighted by Gasteiger charge is -2.21. The molecule has 3 N–H and O–H groups in total. The number of nitrogens with zero attached hydrogens (tertiary/aromatic N) is 1. The SMILES string of the molecule is CC(C)CNC(=O)C(C)NCC(O)CN1CCCC1. The summed E-state index contributed by atoms with van der Waals surface area (Å²) in [6.07, 6.45) is 2.06. The second kappa shape index (κ2) is 8.51. The van der Waals surface area contributed by atoms with Crippen LogP contribution >= 0.6 is 0 Å². The van der Waals surface area contributed by atoms with Gasteiger partial charge in [-0.15, -0.1) is 0 Å². The Morgan fingerprint density at radius 2 is 1.84 bits per heavy atom. The lowest BCUT2D eigenvalue weighted by Crippen LogP contribution is -2.47. The van der Waals surface area contributed by atoms with Crippen LogP contribution in [-0.4, -0.2) is 60.8 Å². The molecule has 0 aromatic heterocycles. The zero-order valence-corrected chi connectivity index (χ0v) is 12.5. The third-order valence-electron chi connectivity index (χ3n) is 3.41. The molecule has 1 heterocycles. The van der Waals surface area contributed by atoms with Gasteiger partial charge in [-0.2, -0.15) is 0 Å². The normalized spacial score (nSPS) is 19.6. The highest BCUT2D eigenvalue weighted by molar-refractivity contribution is 5.81. The minimum absolute atomic E-state index is 0.00192. The Hall–Kier alpha value is -0.650. The van der Waals surface area contributed by atoms with E-state index in [0.717, 1.165) is 13.1 Å². The molecule has 19 heavy (non-hydrogen) atoms. The van der Waals surface area contributed by atoms with Crippen LogP contribution in [0.2, 0.25) is 0 Å². The minimum Gasteiger partial charge on any atom is -0.390 e. The summed E-state index contributed by atoms with van der Waals surface area (Å²) in [5.74, 6) is 0.457. The number of likely N-dealkylation sites (tertiary alicyclic amines) is 1. The van der Waals surface area contributed by atoms with Crippen molar-refractivity contribution in [2.75, 3.05) is 32.7 Å². The fourth-order valence-corrected chi connectivity index (χ4v) is 2.19. The Bertz CT molecular complexity index is 265. The number of carbonyl (C=O) groups is 1. The molecular formula is C14H29N3O2. The van der Waals surface area contributed by atoms with Crippen LogP contribution in [0, 0.1) is 5.92 Å². The predicted octanol–water partition coefficient (Wildman–Crippen LogP) is 0.193. The number of carbonyl (C=O) groups excluding carboxylic acids is 1. The Morgan fingerprint density at radius 3 is 2.42 bits per heavy atom. The molecule has 1 aliphatic rings. The maximum absolute atomic E-state index is 11.7. The highest BCUT2D eigenvalue weighted by Crippen LogP contribution is 2.07. The summed E-state index contributed by atoms with van der Waals surface area (Å²) < 4.78 is 0. The third kappa shape index (κ3) is 6.89. The first-order valence-electron chi connectivity index (χ1n) is 7.40. The van der Waals surface area contributed by atoms with Gasteiger partial charge in [-0.3, -0.25) is 4.79 Å². The van der Waals surface area contributed by atoms with Crippen molar-refractivity contribution in [3.05, 3.63) is 0 Å². The standard InChI is InChI=1S/C14H29N3O2/c1-11(2)8-16-14(19)12(3)15-9-13(18)10-17-6-4-5-7-17/h11-13,15,18H,4-10H2,1-3H3,(H,16,19). The molecule has 1 aliphatic heterocycles. The molecular weight excluding hydrogens is 242 g/mol. The number of amides is 1. The van der Waals surface area contributed by atoms with Crippen molar-refractivity contribution in [2.45, 2.75) is 45.8 Å². The number of nitrogens with one attached hydrogen (secondary N) is 2. The second-order valence-corrected chi connectivity index (χ2v) is 5.93. The van der Waals surface area contributed by atoms with Gasteiger partial charge in [0.05, 0.1) is 12.1 Å². The summed E-state index contributed by atoms with van der Waals surface area (Å²) in [5, 5.41) is 15.9.